The molecule has 0 bridgehead atoms. The summed E-state index contributed by atoms with van der Waals surface area (Å²) in [7, 11) is -1.02. The molecule has 0 atom stereocenters. The molecule has 0 spiro atoms. The van der Waals surface area contributed by atoms with Crippen molar-refractivity contribution >= 4 is 21.7 Å². The zero-order valence-corrected chi connectivity index (χ0v) is 22.8. The van der Waals surface area contributed by atoms with Crippen LogP contribution in [0, 0.1) is 0 Å². The third kappa shape index (κ3) is 4.74. The molecule has 0 aliphatic carbocycles. The fourth-order valence-electron chi connectivity index (χ4n) is 4.94. The normalized spacial score (nSPS) is 17.6. The van der Waals surface area contributed by atoms with Crippen molar-refractivity contribution in [2.75, 3.05) is 27.3 Å². The van der Waals surface area contributed by atoms with E-state index in [2.05, 4.69) is 0 Å². The van der Waals surface area contributed by atoms with Gasteiger partial charge in [-0.2, -0.15) is 4.31 Å². The predicted octanol–water partition coefficient (Wildman–Crippen LogP) is 3.76. The Hall–Kier alpha value is -2.91. The number of rotatable bonds is 7. The lowest BCUT2D eigenvalue weighted by Crippen LogP contribution is -2.35. The number of hydrogen-bond acceptors (Lipinski definition) is 7. The molecule has 4 rings (SSSR count). The highest BCUT2D eigenvalue weighted by molar-refractivity contribution is 7.89. The van der Waals surface area contributed by atoms with Gasteiger partial charge in [-0.15, -0.1) is 0 Å². The van der Waals surface area contributed by atoms with Crippen molar-refractivity contribution in [2.24, 2.45) is 4.99 Å². The van der Waals surface area contributed by atoms with Crippen molar-refractivity contribution in [3.05, 3.63) is 52.6 Å². The summed E-state index contributed by atoms with van der Waals surface area (Å²) in [6.45, 7) is 9.57. The molecule has 2 heterocycles. The minimum absolute atomic E-state index is 0.0851. The number of sulfonamides is 1. The monoisotopic (exact) mass is 514 g/mol. The van der Waals surface area contributed by atoms with Crippen molar-refractivity contribution in [1.29, 1.82) is 0 Å². The van der Waals surface area contributed by atoms with Crippen LogP contribution in [0.3, 0.4) is 0 Å². The van der Waals surface area contributed by atoms with E-state index in [4.69, 9.17) is 19.2 Å². The molecule has 0 saturated carbocycles. The van der Waals surface area contributed by atoms with Crippen molar-refractivity contribution in [3.63, 3.8) is 0 Å². The van der Waals surface area contributed by atoms with Crippen LogP contribution in [0.15, 0.2) is 40.2 Å². The van der Waals surface area contributed by atoms with Gasteiger partial charge in [-0.1, -0.05) is 18.2 Å². The van der Waals surface area contributed by atoms with Gasteiger partial charge in [-0.3, -0.25) is 9.79 Å². The van der Waals surface area contributed by atoms with Crippen LogP contribution >= 0.6 is 0 Å². The van der Waals surface area contributed by atoms with E-state index in [-0.39, 0.29) is 18.0 Å². The lowest BCUT2D eigenvalue weighted by atomic mass is 9.81. The summed E-state index contributed by atoms with van der Waals surface area (Å²) in [5, 5.41) is 0. The molecule has 2 aliphatic heterocycles. The van der Waals surface area contributed by atoms with Crippen molar-refractivity contribution < 1.29 is 27.4 Å². The minimum atomic E-state index is -4.03. The van der Waals surface area contributed by atoms with Gasteiger partial charge in [-0.05, 0) is 58.7 Å². The molecule has 0 radical (unpaired) electrons. The quantitative estimate of drug-likeness (QED) is 0.522. The summed E-state index contributed by atoms with van der Waals surface area (Å²) in [5.41, 5.74) is 3.08. The second-order valence-corrected chi connectivity index (χ2v) is 12.5. The number of aliphatic imine (C=N–C) groups is 1. The molecular weight excluding hydrogens is 480 g/mol. The maximum Gasteiger partial charge on any atom is 0.321 e. The van der Waals surface area contributed by atoms with Gasteiger partial charge < -0.3 is 14.2 Å². The lowest BCUT2D eigenvalue weighted by molar-refractivity contribution is -0.143. The second-order valence-electron chi connectivity index (χ2n) is 10.5. The Balaban J connectivity index is 1.91. The van der Waals surface area contributed by atoms with Gasteiger partial charge in [0.25, 0.3) is 0 Å². The Morgan fingerprint density at radius 1 is 1.17 bits per heavy atom. The molecule has 0 N–H and O–H groups in total. The number of ether oxygens (including phenoxy) is 3. The van der Waals surface area contributed by atoms with Crippen LogP contribution in [-0.2, 0) is 32.4 Å². The minimum Gasteiger partial charge on any atom is -0.493 e. The summed E-state index contributed by atoms with van der Waals surface area (Å²) >= 11 is 0. The zero-order valence-electron chi connectivity index (χ0n) is 22.0. The number of nitrogens with zero attached hydrogens (tertiary/aromatic N) is 2. The molecule has 36 heavy (non-hydrogen) atoms. The highest BCUT2D eigenvalue weighted by atomic mass is 32.2. The number of fused-ring (bicyclic) bond motifs is 3. The van der Waals surface area contributed by atoms with Gasteiger partial charge >= 0.3 is 5.97 Å². The van der Waals surface area contributed by atoms with E-state index in [1.54, 1.807) is 38.3 Å². The standard InChI is InChI=1S/C27H34N2O6S/c1-8-34-22(30)16-29(6)36(31,32)21-12-10-9-11-18(21)24-23-17(14-26(2,3)28-24)13-20(33-7)25-19(23)15-27(4,5)35-25/h9-13H,8,14-16H2,1-7H3. The summed E-state index contributed by atoms with van der Waals surface area (Å²) in [4.78, 5) is 17.2. The van der Waals surface area contributed by atoms with Crippen LogP contribution in [0.5, 0.6) is 11.5 Å². The van der Waals surface area contributed by atoms with Crippen LogP contribution in [0.4, 0.5) is 0 Å². The first-order valence-corrected chi connectivity index (χ1v) is 13.5. The molecule has 0 fully saturated rings. The van der Waals surface area contributed by atoms with Gasteiger partial charge in [0.05, 0.1) is 29.9 Å². The molecule has 9 heteroatoms. The number of hydrogen-bond donors (Lipinski definition) is 0. The SMILES string of the molecule is CCOC(=O)CN(C)S(=O)(=O)c1ccccc1C1=NC(C)(C)Cc2cc(OC)c3c(c21)CC(C)(C)O3. The predicted molar refractivity (Wildman–Crippen MR) is 138 cm³/mol. The Morgan fingerprint density at radius 3 is 2.53 bits per heavy atom. The molecule has 0 amide bonds. The van der Waals surface area contributed by atoms with Crippen LogP contribution < -0.4 is 9.47 Å². The molecule has 2 aromatic carbocycles. The van der Waals surface area contributed by atoms with E-state index in [9.17, 15) is 13.2 Å². The van der Waals surface area contributed by atoms with Crippen LogP contribution in [-0.4, -0.2) is 62.9 Å². The fraction of sp³-hybridized carbons (Fsp3) is 0.481. The van der Waals surface area contributed by atoms with Crippen molar-refractivity contribution in [3.8, 4) is 11.5 Å². The Labute approximate surface area is 213 Å². The van der Waals surface area contributed by atoms with E-state index < -0.39 is 27.1 Å². The van der Waals surface area contributed by atoms with E-state index in [0.29, 0.717) is 35.6 Å². The average Bonchev–Trinajstić information content (AvgIpc) is 3.12. The molecule has 0 unspecified atom stereocenters. The smallest absolute Gasteiger partial charge is 0.321 e. The van der Waals surface area contributed by atoms with E-state index >= 15 is 0 Å². The number of esters is 1. The molecule has 2 aromatic rings. The van der Waals surface area contributed by atoms with Crippen LogP contribution in [0.2, 0.25) is 0 Å². The Morgan fingerprint density at radius 2 is 1.86 bits per heavy atom. The molecule has 2 aliphatic rings. The first-order valence-electron chi connectivity index (χ1n) is 12.0. The van der Waals surface area contributed by atoms with E-state index in [0.717, 1.165) is 21.0 Å². The molecular formula is C27H34N2O6S. The zero-order chi connectivity index (χ0) is 26.5. The maximum atomic E-state index is 13.7. The lowest BCUT2D eigenvalue weighted by Gasteiger charge is -2.31. The van der Waals surface area contributed by atoms with E-state index in [1.807, 2.05) is 33.8 Å². The molecule has 8 nitrogen and oxygen atoms in total. The highest BCUT2D eigenvalue weighted by Crippen LogP contribution is 2.48. The van der Waals surface area contributed by atoms with Gasteiger partial charge in [0, 0.05) is 30.2 Å². The third-order valence-electron chi connectivity index (χ3n) is 6.39. The maximum absolute atomic E-state index is 13.7. The Kier molecular flexibility index (Phi) is 6.68. The fourth-order valence-corrected chi connectivity index (χ4v) is 6.25. The highest BCUT2D eigenvalue weighted by Gasteiger charge is 2.41. The molecule has 194 valence electrons. The first kappa shape index (κ1) is 26.2. The largest absolute Gasteiger partial charge is 0.493 e. The summed E-state index contributed by atoms with van der Waals surface area (Å²) in [5.74, 6) is 0.738. The summed E-state index contributed by atoms with van der Waals surface area (Å²) < 4.78 is 45.3. The average molecular weight is 515 g/mol. The molecule has 0 aromatic heterocycles. The summed E-state index contributed by atoms with van der Waals surface area (Å²) in [6.07, 6.45) is 1.31. The number of benzene rings is 2. The van der Waals surface area contributed by atoms with Gasteiger partial charge in [-0.25, -0.2) is 8.42 Å². The first-order chi connectivity index (χ1) is 16.8. The third-order valence-corrected chi connectivity index (χ3v) is 8.25. The Bertz CT molecular complexity index is 1340. The van der Waals surface area contributed by atoms with Gasteiger partial charge in [0.1, 0.15) is 12.1 Å². The number of carbonyl (C=O) groups is 1. The van der Waals surface area contributed by atoms with Crippen molar-refractivity contribution in [2.45, 2.75) is 63.5 Å². The number of carbonyl (C=O) groups excluding carboxylic acids is 1. The van der Waals surface area contributed by atoms with Crippen LogP contribution in [0.25, 0.3) is 0 Å². The van der Waals surface area contributed by atoms with Gasteiger partial charge in [0.2, 0.25) is 10.0 Å². The van der Waals surface area contributed by atoms with Crippen molar-refractivity contribution in [1.82, 2.24) is 4.31 Å². The molecule has 0 saturated heterocycles. The summed E-state index contributed by atoms with van der Waals surface area (Å²) in [6, 6.07) is 8.78. The van der Waals surface area contributed by atoms with Gasteiger partial charge in [0.15, 0.2) is 11.5 Å². The number of likely N-dealkylation sites (N-methyl/N-ethyl adjacent to an activating group) is 1. The number of methoxy groups -OCH3 is 1. The van der Waals surface area contributed by atoms with Crippen LogP contribution in [0.1, 0.15) is 56.9 Å². The topological polar surface area (TPSA) is 94.5 Å². The second kappa shape index (κ2) is 9.19. The van der Waals surface area contributed by atoms with E-state index in [1.165, 1.54) is 7.05 Å².